The minimum absolute atomic E-state index is 0.0417. The molecule has 0 heterocycles. The molecule has 1 fully saturated rings. The van der Waals surface area contributed by atoms with E-state index in [1.165, 1.54) is 0 Å². The molecule has 0 radical (unpaired) electrons. The van der Waals surface area contributed by atoms with E-state index < -0.39 is 11.5 Å². The third-order valence-electron chi connectivity index (χ3n) is 4.51. The Labute approximate surface area is 125 Å². The van der Waals surface area contributed by atoms with Gasteiger partial charge in [-0.1, -0.05) is 44.5 Å². The Morgan fingerprint density at radius 1 is 1.35 bits per heavy atom. The summed E-state index contributed by atoms with van der Waals surface area (Å²) >= 11 is 6.16. The second-order valence-electron chi connectivity index (χ2n) is 6.65. The summed E-state index contributed by atoms with van der Waals surface area (Å²) in [5.74, 6) is -0.750. The molecule has 1 saturated carbocycles. The van der Waals surface area contributed by atoms with Crippen LogP contribution in [0.25, 0.3) is 0 Å². The van der Waals surface area contributed by atoms with E-state index in [1.807, 2.05) is 25.1 Å². The van der Waals surface area contributed by atoms with Crippen LogP contribution >= 0.6 is 11.6 Å². The van der Waals surface area contributed by atoms with Crippen LogP contribution in [0.15, 0.2) is 24.3 Å². The number of hydrogen-bond donors (Lipinski definition) is 2. The molecular weight excluding hydrogens is 274 g/mol. The third-order valence-corrected chi connectivity index (χ3v) is 4.84. The zero-order chi connectivity index (χ0) is 15.0. The standard InChI is InChI=1S/C16H22ClNO2/c1-11-10-15(2,3)8-9-16(11,14(19)20)18-13-7-5-4-6-12(13)17/h4-7,11,18H,8-10H2,1-3H3,(H,19,20). The largest absolute Gasteiger partial charge is 0.479 e. The van der Waals surface area contributed by atoms with Crippen molar-refractivity contribution in [1.29, 1.82) is 0 Å². The molecule has 2 atom stereocenters. The Bertz CT molecular complexity index is 515. The highest BCUT2D eigenvalue weighted by Crippen LogP contribution is 2.46. The van der Waals surface area contributed by atoms with Crippen LogP contribution in [-0.2, 0) is 4.79 Å². The quantitative estimate of drug-likeness (QED) is 0.868. The van der Waals surface area contributed by atoms with Gasteiger partial charge in [-0.15, -0.1) is 0 Å². The van der Waals surface area contributed by atoms with Gasteiger partial charge >= 0.3 is 5.97 Å². The fraction of sp³-hybridized carbons (Fsp3) is 0.562. The van der Waals surface area contributed by atoms with E-state index in [9.17, 15) is 9.90 Å². The van der Waals surface area contributed by atoms with Crippen molar-refractivity contribution >= 4 is 23.3 Å². The molecule has 4 heteroatoms. The highest BCUT2D eigenvalue weighted by molar-refractivity contribution is 6.33. The number of rotatable bonds is 3. The summed E-state index contributed by atoms with van der Waals surface area (Å²) in [7, 11) is 0. The van der Waals surface area contributed by atoms with Gasteiger partial charge in [0.25, 0.3) is 0 Å². The first-order valence-electron chi connectivity index (χ1n) is 7.03. The molecule has 1 aromatic carbocycles. The summed E-state index contributed by atoms with van der Waals surface area (Å²) in [5.41, 5.74) is -0.0377. The molecule has 0 amide bonds. The molecule has 110 valence electrons. The second kappa shape index (κ2) is 5.28. The summed E-state index contributed by atoms with van der Waals surface area (Å²) in [6.45, 7) is 6.41. The molecule has 1 aromatic rings. The number of anilines is 1. The van der Waals surface area contributed by atoms with Gasteiger partial charge in [-0.25, -0.2) is 4.79 Å². The van der Waals surface area contributed by atoms with Crippen LogP contribution in [-0.4, -0.2) is 16.6 Å². The van der Waals surface area contributed by atoms with Gasteiger partial charge < -0.3 is 10.4 Å². The van der Waals surface area contributed by atoms with Gasteiger partial charge in [0.05, 0.1) is 10.7 Å². The van der Waals surface area contributed by atoms with Gasteiger partial charge in [-0.3, -0.25) is 0 Å². The number of para-hydroxylation sites is 1. The molecule has 2 N–H and O–H groups in total. The molecule has 1 aliphatic rings. The molecule has 1 aliphatic carbocycles. The Hall–Kier alpha value is -1.22. The molecule has 2 rings (SSSR count). The number of carbonyl (C=O) groups is 1. The fourth-order valence-corrected chi connectivity index (χ4v) is 3.43. The number of aliphatic carboxylic acids is 1. The van der Waals surface area contributed by atoms with Crippen LogP contribution in [0.5, 0.6) is 0 Å². The van der Waals surface area contributed by atoms with Crippen molar-refractivity contribution in [2.24, 2.45) is 11.3 Å². The lowest BCUT2D eigenvalue weighted by atomic mass is 9.63. The SMILES string of the molecule is CC1CC(C)(C)CCC1(Nc1ccccc1Cl)C(=O)O. The Kier molecular flexibility index (Phi) is 4.01. The molecule has 0 aromatic heterocycles. The van der Waals surface area contributed by atoms with Crippen LogP contribution in [0.4, 0.5) is 5.69 Å². The summed E-state index contributed by atoms with van der Waals surface area (Å²) in [6.07, 6.45) is 2.39. The lowest BCUT2D eigenvalue weighted by Crippen LogP contribution is -2.55. The van der Waals surface area contributed by atoms with Crippen LogP contribution in [0.1, 0.15) is 40.0 Å². The van der Waals surface area contributed by atoms with E-state index in [0.29, 0.717) is 17.1 Å². The van der Waals surface area contributed by atoms with Crippen molar-refractivity contribution in [2.75, 3.05) is 5.32 Å². The molecule has 0 saturated heterocycles. The minimum Gasteiger partial charge on any atom is -0.479 e. The van der Waals surface area contributed by atoms with E-state index in [1.54, 1.807) is 6.07 Å². The van der Waals surface area contributed by atoms with E-state index in [2.05, 4.69) is 19.2 Å². The number of carboxylic acids is 1. The average Bonchev–Trinajstić information content (AvgIpc) is 2.34. The first-order valence-corrected chi connectivity index (χ1v) is 7.41. The Morgan fingerprint density at radius 3 is 2.55 bits per heavy atom. The summed E-state index contributed by atoms with van der Waals surface area (Å²) in [4.78, 5) is 11.9. The lowest BCUT2D eigenvalue weighted by molar-refractivity contribution is -0.146. The van der Waals surface area contributed by atoms with E-state index in [4.69, 9.17) is 11.6 Å². The number of hydrogen-bond acceptors (Lipinski definition) is 2. The smallest absolute Gasteiger partial charge is 0.329 e. The summed E-state index contributed by atoms with van der Waals surface area (Å²) in [5, 5.41) is 13.6. The van der Waals surface area contributed by atoms with Gasteiger partial charge in [0.2, 0.25) is 0 Å². The van der Waals surface area contributed by atoms with Crippen LogP contribution in [0, 0.1) is 11.3 Å². The van der Waals surface area contributed by atoms with Gasteiger partial charge in [-0.2, -0.15) is 0 Å². The van der Waals surface area contributed by atoms with Crippen molar-refractivity contribution in [2.45, 2.75) is 45.6 Å². The van der Waals surface area contributed by atoms with Gasteiger partial charge in [0, 0.05) is 0 Å². The highest BCUT2D eigenvalue weighted by Gasteiger charge is 2.49. The number of nitrogens with one attached hydrogen (secondary N) is 1. The number of benzene rings is 1. The second-order valence-corrected chi connectivity index (χ2v) is 7.06. The van der Waals surface area contributed by atoms with Crippen molar-refractivity contribution in [3.8, 4) is 0 Å². The molecule has 0 aliphatic heterocycles. The maximum Gasteiger partial charge on any atom is 0.329 e. The lowest BCUT2D eigenvalue weighted by Gasteiger charge is -2.46. The topological polar surface area (TPSA) is 49.3 Å². The van der Waals surface area contributed by atoms with E-state index in [-0.39, 0.29) is 11.3 Å². The van der Waals surface area contributed by atoms with Crippen molar-refractivity contribution in [1.82, 2.24) is 0 Å². The predicted octanol–water partition coefficient (Wildman–Crippen LogP) is 4.42. The minimum atomic E-state index is -0.930. The highest BCUT2D eigenvalue weighted by atomic mass is 35.5. The zero-order valence-corrected chi connectivity index (χ0v) is 13.0. The van der Waals surface area contributed by atoms with Gasteiger partial charge in [-0.05, 0) is 42.7 Å². The third kappa shape index (κ3) is 2.78. The van der Waals surface area contributed by atoms with Crippen molar-refractivity contribution < 1.29 is 9.90 Å². The van der Waals surface area contributed by atoms with Crippen molar-refractivity contribution in [3.05, 3.63) is 29.3 Å². The predicted molar refractivity (Wildman–Crippen MR) is 82.2 cm³/mol. The molecule has 20 heavy (non-hydrogen) atoms. The van der Waals surface area contributed by atoms with Crippen LogP contribution < -0.4 is 5.32 Å². The average molecular weight is 296 g/mol. The zero-order valence-electron chi connectivity index (χ0n) is 12.2. The monoisotopic (exact) mass is 295 g/mol. The maximum atomic E-state index is 11.9. The number of carboxylic acid groups (broad SMARTS) is 1. The van der Waals surface area contributed by atoms with Crippen LogP contribution in [0.2, 0.25) is 5.02 Å². The Morgan fingerprint density at radius 2 is 2.00 bits per heavy atom. The van der Waals surface area contributed by atoms with Crippen LogP contribution in [0.3, 0.4) is 0 Å². The first-order chi connectivity index (χ1) is 9.27. The maximum absolute atomic E-state index is 11.9. The fourth-order valence-electron chi connectivity index (χ4n) is 3.25. The normalized spacial score (nSPS) is 28.9. The Balaban J connectivity index is 2.32. The van der Waals surface area contributed by atoms with Crippen molar-refractivity contribution in [3.63, 3.8) is 0 Å². The summed E-state index contributed by atoms with van der Waals surface area (Å²) < 4.78 is 0. The van der Waals surface area contributed by atoms with Gasteiger partial charge in [0.15, 0.2) is 0 Å². The summed E-state index contributed by atoms with van der Waals surface area (Å²) in [6, 6.07) is 7.31. The molecule has 0 bridgehead atoms. The number of halogens is 1. The molecule has 3 nitrogen and oxygen atoms in total. The molecule has 2 unspecified atom stereocenters. The van der Waals surface area contributed by atoms with E-state index >= 15 is 0 Å². The van der Waals surface area contributed by atoms with E-state index in [0.717, 1.165) is 12.8 Å². The molecule has 0 spiro atoms. The molecular formula is C16H22ClNO2. The first kappa shape index (κ1) is 15.2. The van der Waals surface area contributed by atoms with Gasteiger partial charge in [0.1, 0.15) is 5.54 Å².